The Kier molecular flexibility index (Phi) is 8.02. The number of carboxylic acid groups (broad SMARTS) is 1. The summed E-state index contributed by atoms with van der Waals surface area (Å²) in [6.45, 7) is 3.91. The van der Waals surface area contributed by atoms with Crippen LogP contribution in [0, 0.1) is 5.41 Å². The van der Waals surface area contributed by atoms with Crippen molar-refractivity contribution in [3.05, 3.63) is 0 Å². The topological polar surface area (TPSA) is 37.3 Å². The molecule has 0 bridgehead atoms. The van der Waals surface area contributed by atoms with Crippen molar-refractivity contribution in [2.45, 2.75) is 52.4 Å². The molecule has 2 nitrogen and oxygen atoms in total. The highest BCUT2D eigenvalue weighted by Crippen LogP contribution is 2.31. The average Bonchev–Trinajstić information content (AvgIpc) is 2.27. The first kappa shape index (κ1) is 15.9. The summed E-state index contributed by atoms with van der Waals surface area (Å²) in [6.07, 6.45) is 8.19. The van der Waals surface area contributed by atoms with Gasteiger partial charge in [0.25, 0.3) is 0 Å². The molecule has 0 aromatic heterocycles. The molecule has 0 amide bonds. The van der Waals surface area contributed by atoms with Crippen molar-refractivity contribution in [2.24, 2.45) is 5.41 Å². The minimum atomic E-state index is -0.832. The first-order chi connectivity index (χ1) is 7.49. The van der Waals surface area contributed by atoms with Crippen molar-refractivity contribution >= 4 is 34.1 Å². The zero-order valence-electron chi connectivity index (χ0n) is 10.4. The Morgan fingerprint density at radius 1 is 1.31 bits per heavy atom. The molecule has 0 saturated carbocycles. The van der Waals surface area contributed by atoms with Crippen LogP contribution in [-0.4, -0.2) is 21.5 Å². The summed E-state index contributed by atoms with van der Waals surface area (Å²) in [5.74, 6) is -0.789. The lowest BCUT2D eigenvalue weighted by Crippen LogP contribution is -2.33. The highest BCUT2D eigenvalue weighted by molar-refractivity contribution is 8.22. The van der Waals surface area contributed by atoms with Gasteiger partial charge in [0.2, 0.25) is 0 Å². The van der Waals surface area contributed by atoms with Crippen LogP contribution in [0.15, 0.2) is 0 Å². The standard InChI is InChI=1S/C12H22O2S2/c1-4-5-6-7-8-9-12(2,10(13)14)11(15)16-3/h4-9H2,1-3H3,(H,13,14). The van der Waals surface area contributed by atoms with Gasteiger partial charge in [0, 0.05) is 0 Å². The highest BCUT2D eigenvalue weighted by atomic mass is 32.2. The van der Waals surface area contributed by atoms with Crippen molar-refractivity contribution in [1.29, 1.82) is 0 Å². The minimum absolute atomic E-state index is 0.593. The number of hydrogen-bond donors (Lipinski definition) is 1. The van der Waals surface area contributed by atoms with Gasteiger partial charge in [0.05, 0.1) is 4.20 Å². The summed E-state index contributed by atoms with van der Waals surface area (Å²) in [4.78, 5) is 11.2. The number of carbonyl (C=O) groups is 1. The molecular formula is C12H22O2S2. The second-order valence-electron chi connectivity index (χ2n) is 4.29. The number of carboxylic acids is 1. The third-order valence-corrected chi connectivity index (χ3v) is 4.66. The Labute approximate surface area is 108 Å². The van der Waals surface area contributed by atoms with Crippen LogP contribution in [0.5, 0.6) is 0 Å². The van der Waals surface area contributed by atoms with Gasteiger partial charge in [-0.1, -0.05) is 51.2 Å². The van der Waals surface area contributed by atoms with E-state index in [0.717, 1.165) is 12.8 Å². The van der Waals surface area contributed by atoms with Gasteiger partial charge in [0.1, 0.15) is 5.41 Å². The lowest BCUT2D eigenvalue weighted by Gasteiger charge is -2.24. The Bertz CT molecular complexity index is 241. The molecule has 1 atom stereocenters. The fraction of sp³-hybridized carbons (Fsp3) is 0.833. The van der Waals surface area contributed by atoms with E-state index in [1.54, 1.807) is 6.92 Å². The molecule has 0 heterocycles. The van der Waals surface area contributed by atoms with E-state index in [0.29, 0.717) is 10.6 Å². The molecule has 16 heavy (non-hydrogen) atoms. The quantitative estimate of drug-likeness (QED) is 0.527. The number of unbranched alkanes of at least 4 members (excludes halogenated alkanes) is 4. The predicted octanol–water partition coefficient (Wildman–Crippen LogP) is 4.13. The zero-order chi connectivity index (χ0) is 12.6. The second kappa shape index (κ2) is 8.07. The van der Waals surface area contributed by atoms with Crippen LogP contribution in [0.3, 0.4) is 0 Å². The van der Waals surface area contributed by atoms with Crippen molar-refractivity contribution < 1.29 is 9.90 Å². The van der Waals surface area contributed by atoms with E-state index in [1.165, 1.54) is 31.0 Å². The minimum Gasteiger partial charge on any atom is -0.481 e. The Morgan fingerprint density at radius 3 is 2.31 bits per heavy atom. The molecule has 0 aliphatic heterocycles. The van der Waals surface area contributed by atoms with Gasteiger partial charge in [-0.25, -0.2) is 0 Å². The van der Waals surface area contributed by atoms with Crippen LogP contribution in [0.1, 0.15) is 52.4 Å². The summed E-state index contributed by atoms with van der Waals surface area (Å²) in [7, 11) is 0. The molecule has 1 unspecified atom stereocenters. The Hall–Kier alpha value is -0.0900. The van der Waals surface area contributed by atoms with E-state index in [2.05, 4.69) is 6.92 Å². The summed E-state index contributed by atoms with van der Waals surface area (Å²) < 4.78 is 0.593. The zero-order valence-corrected chi connectivity index (χ0v) is 12.0. The Balaban J connectivity index is 4.14. The molecule has 0 radical (unpaired) electrons. The molecule has 1 N–H and O–H groups in total. The monoisotopic (exact) mass is 262 g/mol. The lowest BCUT2D eigenvalue weighted by atomic mass is 9.86. The van der Waals surface area contributed by atoms with Crippen molar-refractivity contribution in [3.63, 3.8) is 0 Å². The van der Waals surface area contributed by atoms with E-state index in [-0.39, 0.29) is 0 Å². The fourth-order valence-electron chi connectivity index (χ4n) is 1.60. The molecule has 0 rings (SSSR count). The van der Waals surface area contributed by atoms with E-state index in [9.17, 15) is 9.90 Å². The molecule has 0 saturated heterocycles. The van der Waals surface area contributed by atoms with Crippen LogP contribution in [0.2, 0.25) is 0 Å². The van der Waals surface area contributed by atoms with Gasteiger partial charge in [-0.2, -0.15) is 0 Å². The maximum Gasteiger partial charge on any atom is 0.315 e. The summed E-state index contributed by atoms with van der Waals surface area (Å²) in [5, 5.41) is 9.24. The number of hydrogen-bond acceptors (Lipinski definition) is 3. The number of thioether (sulfide) groups is 1. The lowest BCUT2D eigenvalue weighted by molar-refractivity contribution is -0.144. The maximum absolute atomic E-state index is 11.2. The van der Waals surface area contributed by atoms with Crippen LogP contribution in [-0.2, 0) is 4.79 Å². The first-order valence-electron chi connectivity index (χ1n) is 5.80. The second-order valence-corrected chi connectivity index (χ2v) is 5.78. The fourth-order valence-corrected chi connectivity index (χ4v) is 2.43. The Morgan fingerprint density at radius 2 is 1.88 bits per heavy atom. The third kappa shape index (κ3) is 4.83. The number of aliphatic carboxylic acids is 1. The largest absolute Gasteiger partial charge is 0.481 e. The van der Waals surface area contributed by atoms with Crippen LogP contribution >= 0.6 is 24.0 Å². The normalized spacial score (nSPS) is 14.4. The molecule has 0 fully saturated rings. The van der Waals surface area contributed by atoms with E-state index in [4.69, 9.17) is 12.2 Å². The molecule has 94 valence electrons. The first-order valence-corrected chi connectivity index (χ1v) is 7.44. The van der Waals surface area contributed by atoms with Gasteiger partial charge in [-0.3, -0.25) is 4.79 Å². The van der Waals surface area contributed by atoms with Gasteiger partial charge in [-0.15, -0.1) is 11.8 Å². The van der Waals surface area contributed by atoms with Gasteiger partial charge >= 0.3 is 5.97 Å². The number of rotatable bonds is 8. The summed E-state index contributed by atoms with van der Waals surface area (Å²) in [6, 6.07) is 0. The van der Waals surface area contributed by atoms with E-state index < -0.39 is 11.4 Å². The van der Waals surface area contributed by atoms with Crippen LogP contribution in [0.25, 0.3) is 0 Å². The summed E-state index contributed by atoms with van der Waals surface area (Å²) in [5.41, 5.74) is -0.832. The molecular weight excluding hydrogens is 240 g/mol. The predicted molar refractivity (Wildman–Crippen MR) is 75.2 cm³/mol. The van der Waals surface area contributed by atoms with Gasteiger partial charge in [0.15, 0.2) is 0 Å². The average molecular weight is 262 g/mol. The highest BCUT2D eigenvalue weighted by Gasteiger charge is 2.36. The van der Waals surface area contributed by atoms with Crippen molar-refractivity contribution in [3.8, 4) is 0 Å². The van der Waals surface area contributed by atoms with E-state index in [1.807, 2.05) is 6.26 Å². The smallest absolute Gasteiger partial charge is 0.315 e. The van der Waals surface area contributed by atoms with Crippen molar-refractivity contribution in [1.82, 2.24) is 0 Å². The molecule has 0 aliphatic rings. The third-order valence-electron chi connectivity index (χ3n) is 2.89. The van der Waals surface area contributed by atoms with Crippen LogP contribution in [0.4, 0.5) is 0 Å². The SMILES string of the molecule is CCCCCCCC(C)(C(=O)O)C(=S)SC. The number of thiocarbonyl (C=S) groups is 1. The van der Waals surface area contributed by atoms with Crippen LogP contribution < -0.4 is 0 Å². The maximum atomic E-state index is 11.2. The van der Waals surface area contributed by atoms with Gasteiger partial charge in [-0.05, 0) is 19.6 Å². The molecule has 0 aliphatic carbocycles. The van der Waals surface area contributed by atoms with Crippen molar-refractivity contribution in [2.75, 3.05) is 6.26 Å². The molecule has 0 spiro atoms. The van der Waals surface area contributed by atoms with Gasteiger partial charge < -0.3 is 5.11 Å². The molecule has 0 aromatic rings. The van der Waals surface area contributed by atoms with E-state index >= 15 is 0 Å². The summed E-state index contributed by atoms with van der Waals surface area (Å²) >= 11 is 6.53. The molecule has 4 heteroatoms. The molecule has 0 aromatic carbocycles.